The van der Waals surface area contributed by atoms with Gasteiger partial charge in [0.1, 0.15) is 34.8 Å². The molecule has 1 atom stereocenters. The number of carbonyl (C=O) groups is 2. The number of ketones is 1. The Balaban J connectivity index is 1.92. The molecule has 4 rings (SSSR count). The Morgan fingerprint density at radius 1 is 1.09 bits per heavy atom. The van der Waals surface area contributed by atoms with Crippen molar-refractivity contribution in [2.24, 2.45) is 0 Å². The van der Waals surface area contributed by atoms with Crippen LogP contribution in [0.1, 0.15) is 28.7 Å². The number of hydrogen-bond acceptors (Lipinski definition) is 6. The van der Waals surface area contributed by atoms with Crippen molar-refractivity contribution < 1.29 is 28.6 Å². The molecular formula is C25H21Cl2NO6. The van der Waals surface area contributed by atoms with Crippen molar-refractivity contribution in [2.45, 2.75) is 19.5 Å². The Kier molecular flexibility index (Phi) is 6.59. The van der Waals surface area contributed by atoms with E-state index in [1.54, 1.807) is 43.3 Å². The highest BCUT2D eigenvalue weighted by molar-refractivity contribution is 6.46. The number of ether oxygens (including phenoxy) is 2. The molecule has 1 N–H and O–H groups in total. The van der Waals surface area contributed by atoms with Crippen LogP contribution < -0.4 is 9.47 Å². The summed E-state index contributed by atoms with van der Waals surface area (Å²) < 4.78 is 16.5. The normalized spacial score (nSPS) is 17.3. The van der Waals surface area contributed by atoms with Crippen LogP contribution in [-0.2, 0) is 16.1 Å². The lowest BCUT2D eigenvalue weighted by molar-refractivity contribution is -0.140. The number of halogens is 2. The number of amides is 1. The van der Waals surface area contributed by atoms with E-state index in [1.807, 2.05) is 0 Å². The molecule has 3 aromatic rings. The van der Waals surface area contributed by atoms with Gasteiger partial charge in [0.25, 0.3) is 11.7 Å². The number of methoxy groups -OCH3 is 2. The molecule has 0 aliphatic carbocycles. The third-order valence-electron chi connectivity index (χ3n) is 5.57. The Bertz CT molecular complexity index is 1310. The number of carbonyl (C=O) groups excluding carboxylic acids is 2. The second kappa shape index (κ2) is 9.44. The van der Waals surface area contributed by atoms with Crippen molar-refractivity contribution in [1.82, 2.24) is 4.90 Å². The number of rotatable bonds is 6. The molecule has 0 bridgehead atoms. The fraction of sp³-hybridized carbons (Fsp3) is 0.200. The van der Waals surface area contributed by atoms with Gasteiger partial charge in [0, 0.05) is 10.6 Å². The Hall–Kier alpha value is -3.42. The summed E-state index contributed by atoms with van der Waals surface area (Å²) in [6.07, 6.45) is 0. The summed E-state index contributed by atoms with van der Waals surface area (Å²) in [5.41, 5.74) is 0.609. The maximum Gasteiger partial charge on any atom is 0.296 e. The summed E-state index contributed by atoms with van der Waals surface area (Å²) in [5.74, 6) is -0.554. The van der Waals surface area contributed by atoms with Crippen molar-refractivity contribution in [3.8, 4) is 11.5 Å². The molecule has 1 unspecified atom stereocenters. The minimum atomic E-state index is -0.999. The Labute approximate surface area is 206 Å². The van der Waals surface area contributed by atoms with Crippen LogP contribution in [0.2, 0.25) is 10.0 Å². The number of Topliss-reactive ketones (excluding diaryl/α,β-unsaturated/α-hetero) is 1. The van der Waals surface area contributed by atoms with E-state index < -0.39 is 23.5 Å². The van der Waals surface area contributed by atoms with E-state index in [9.17, 15) is 14.7 Å². The summed E-state index contributed by atoms with van der Waals surface area (Å²) in [6.45, 7) is 1.79. The molecular weight excluding hydrogens is 481 g/mol. The lowest BCUT2D eigenvalue weighted by Gasteiger charge is -2.24. The van der Waals surface area contributed by atoms with E-state index in [2.05, 4.69) is 0 Å². The highest BCUT2D eigenvalue weighted by Crippen LogP contribution is 2.44. The van der Waals surface area contributed by atoms with E-state index in [1.165, 1.54) is 31.3 Å². The zero-order chi connectivity index (χ0) is 24.6. The minimum absolute atomic E-state index is 0.0449. The van der Waals surface area contributed by atoms with Gasteiger partial charge in [-0.3, -0.25) is 9.59 Å². The summed E-state index contributed by atoms with van der Waals surface area (Å²) in [7, 11) is 2.90. The molecule has 7 nitrogen and oxygen atoms in total. The van der Waals surface area contributed by atoms with Crippen LogP contribution in [0.5, 0.6) is 11.5 Å². The molecule has 1 fully saturated rings. The molecule has 1 aromatic heterocycles. The van der Waals surface area contributed by atoms with Gasteiger partial charge >= 0.3 is 0 Å². The van der Waals surface area contributed by atoms with E-state index in [4.69, 9.17) is 37.1 Å². The molecule has 34 heavy (non-hydrogen) atoms. The third kappa shape index (κ3) is 4.13. The van der Waals surface area contributed by atoms with Crippen molar-refractivity contribution in [3.63, 3.8) is 0 Å². The number of nitrogens with zero attached hydrogens (tertiary/aromatic N) is 1. The Morgan fingerprint density at radius 3 is 2.47 bits per heavy atom. The van der Waals surface area contributed by atoms with Crippen molar-refractivity contribution >= 4 is 40.7 Å². The standard InChI is InChI=1S/C25H21Cl2NO6/c1-13-8-9-19(34-13)21-20(22(29)16-10-15(26)11-17(27)24(16)33-3)23(30)25(31)28(21)12-14-6-4-5-7-18(14)32-2/h4-11,21,29H,12H2,1-3H3/b22-20+. The second-order valence-corrected chi connectivity index (χ2v) is 8.50. The number of likely N-dealkylation sites (tertiary alicyclic amines) is 1. The van der Waals surface area contributed by atoms with Gasteiger partial charge in [0.15, 0.2) is 0 Å². The lowest BCUT2D eigenvalue weighted by atomic mass is 9.98. The summed E-state index contributed by atoms with van der Waals surface area (Å²) in [4.78, 5) is 27.8. The minimum Gasteiger partial charge on any atom is -0.507 e. The highest BCUT2D eigenvalue weighted by Gasteiger charge is 2.48. The molecule has 1 aliphatic heterocycles. The maximum atomic E-state index is 13.2. The average molecular weight is 502 g/mol. The number of furan rings is 1. The van der Waals surface area contributed by atoms with Crippen LogP contribution in [0, 0.1) is 6.92 Å². The first-order valence-corrected chi connectivity index (χ1v) is 11.0. The van der Waals surface area contributed by atoms with Gasteiger partial charge < -0.3 is 23.9 Å². The predicted molar refractivity (Wildman–Crippen MR) is 127 cm³/mol. The summed E-state index contributed by atoms with van der Waals surface area (Å²) in [6, 6.07) is 12.4. The predicted octanol–water partition coefficient (Wildman–Crippen LogP) is 5.53. The van der Waals surface area contributed by atoms with E-state index in [0.29, 0.717) is 22.8 Å². The molecule has 2 aromatic carbocycles. The van der Waals surface area contributed by atoms with E-state index in [-0.39, 0.29) is 33.5 Å². The lowest BCUT2D eigenvalue weighted by Crippen LogP contribution is -2.29. The first-order chi connectivity index (χ1) is 16.3. The van der Waals surface area contributed by atoms with Crippen LogP contribution in [0.4, 0.5) is 0 Å². The first-order valence-electron chi connectivity index (χ1n) is 10.3. The molecule has 1 aliphatic rings. The van der Waals surface area contributed by atoms with Crippen LogP contribution in [0.25, 0.3) is 5.76 Å². The zero-order valence-corrected chi connectivity index (χ0v) is 20.1. The number of aliphatic hydroxyl groups excluding tert-OH is 1. The number of hydrogen-bond donors (Lipinski definition) is 1. The molecule has 1 amide bonds. The SMILES string of the molecule is COc1ccccc1CN1C(=O)C(=O)/C(=C(/O)c2cc(Cl)cc(Cl)c2OC)C1c1ccc(C)o1. The van der Waals surface area contributed by atoms with Gasteiger partial charge in [-0.25, -0.2) is 0 Å². The molecule has 1 saturated heterocycles. The van der Waals surface area contributed by atoms with Gasteiger partial charge in [0.2, 0.25) is 0 Å². The van der Waals surface area contributed by atoms with Gasteiger partial charge in [0.05, 0.1) is 36.9 Å². The van der Waals surface area contributed by atoms with Crippen LogP contribution in [0.3, 0.4) is 0 Å². The van der Waals surface area contributed by atoms with Gasteiger partial charge in [-0.1, -0.05) is 41.4 Å². The Morgan fingerprint density at radius 2 is 1.82 bits per heavy atom. The van der Waals surface area contributed by atoms with Crippen molar-refractivity contribution in [3.05, 3.63) is 86.8 Å². The van der Waals surface area contributed by atoms with Crippen LogP contribution in [0.15, 0.2) is 58.5 Å². The molecule has 176 valence electrons. The van der Waals surface area contributed by atoms with E-state index >= 15 is 0 Å². The fourth-order valence-corrected chi connectivity index (χ4v) is 4.62. The van der Waals surface area contributed by atoms with E-state index in [0.717, 1.165) is 0 Å². The van der Waals surface area contributed by atoms with Crippen LogP contribution >= 0.6 is 23.2 Å². The molecule has 9 heteroatoms. The molecule has 0 saturated carbocycles. The smallest absolute Gasteiger partial charge is 0.296 e. The number of aryl methyl sites for hydroxylation is 1. The molecule has 0 radical (unpaired) electrons. The van der Waals surface area contributed by atoms with Gasteiger partial charge in [-0.2, -0.15) is 0 Å². The van der Waals surface area contributed by atoms with Gasteiger partial charge in [-0.05, 0) is 37.3 Å². The summed E-state index contributed by atoms with van der Waals surface area (Å²) >= 11 is 12.4. The largest absolute Gasteiger partial charge is 0.507 e. The number of aliphatic hydroxyl groups is 1. The topological polar surface area (TPSA) is 89.2 Å². The summed E-state index contributed by atoms with van der Waals surface area (Å²) in [5, 5.41) is 11.7. The highest BCUT2D eigenvalue weighted by atomic mass is 35.5. The zero-order valence-electron chi connectivity index (χ0n) is 18.6. The second-order valence-electron chi connectivity index (χ2n) is 7.66. The van der Waals surface area contributed by atoms with Gasteiger partial charge in [-0.15, -0.1) is 0 Å². The quantitative estimate of drug-likeness (QED) is 0.271. The van der Waals surface area contributed by atoms with Crippen LogP contribution in [-0.4, -0.2) is 35.9 Å². The third-order valence-corrected chi connectivity index (χ3v) is 6.07. The fourth-order valence-electron chi connectivity index (χ4n) is 4.05. The van der Waals surface area contributed by atoms with Crippen molar-refractivity contribution in [2.75, 3.05) is 14.2 Å². The van der Waals surface area contributed by atoms with Crippen molar-refractivity contribution in [1.29, 1.82) is 0 Å². The number of benzene rings is 2. The average Bonchev–Trinajstić information content (AvgIpc) is 3.34. The monoisotopic (exact) mass is 501 g/mol. The maximum absolute atomic E-state index is 13.2. The molecule has 2 heterocycles. The number of para-hydroxylation sites is 1. The first kappa shape index (κ1) is 23.7. The molecule has 0 spiro atoms.